The number of piperidine rings is 1. The summed E-state index contributed by atoms with van der Waals surface area (Å²) in [6.45, 7) is 6.79. The van der Waals surface area contributed by atoms with E-state index < -0.39 is 0 Å². The molecule has 112 valence electrons. The zero-order valence-electron chi connectivity index (χ0n) is 12.2. The number of nitrogens with zero attached hydrogens (tertiary/aromatic N) is 1. The fourth-order valence-corrected chi connectivity index (χ4v) is 3.29. The van der Waals surface area contributed by atoms with E-state index in [0.717, 1.165) is 12.1 Å². The normalized spacial score (nSPS) is 17.6. The molecule has 0 atom stereocenters. The number of benzene rings is 1. The highest BCUT2D eigenvalue weighted by atomic mass is 35.5. The van der Waals surface area contributed by atoms with Crippen molar-refractivity contribution in [1.29, 1.82) is 0 Å². The zero-order valence-corrected chi connectivity index (χ0v) is 13.7. The molecule has 0 saturated carbocycles. The fourth-order valence-electron chi connectivity index (χ4n) is 2.72. The number of unbranched alkanes of at least 4 members (excludes halogenated alkanes) is 1. The molecular weight excluding hydrogens is 291 g/mol. The average molecular weight is 315 g/mol. The molecule has 0 aromatic heterocycles. The minimum absolute atomic E-state index is 0.616. The minimum atomic E-state index is 0.616. The Balaban J connectivity index is 1.73. The van der Waals surface area contributed by atoms with E-state index >= 15 is 0 Å². The lowest BCUT2D eigenvalue weighted by atomic mass is 10.0. The summed E-state index contributed by atoms with van der Waals surface area (Å²) in [4.78, 5) is 2.58. The highest BCUT2D eigenvalue weighted by molar-refractivity contribution is 6.34. The molecule has 1 aromatic carbocycles. The van der Waals surface area contributed by atoms with Crippen molar-refractivity contribution in [3.05, 3.63) is 33.8 Å². The molecule has 1 heterocycles. The molecule has 1 fully saturated rings. The Morgan fingerprint density at radius 2 is 1.80 bits per heavy atom. The zero-order chi connectivity index (χ0) is 14.4. The van der Waals surface area contributed by atoms with Gasteiger partial charge in [-0.3, -0.25) is 0 Å². The van der Waals surface area contributed by atoms with E-state index in [2.05, 4.69) is 17.1 Å². The second kappa shape index (κ2) is 8.23. The summed E-state index contributed by atoms with van der Waals surface area (Å²) < 4.78 is 0. The van der Waals surface area contributed by atoms with Crippen LogP contribution in [0.2, 0.25) is 10.0 Å². The van der Waals surface area contributed by atoms with Gasteiger partial charge in [0.25, 0.3) is 0 Å². The van der Waals surface area contributed by atoms with Crippen molar-refractivity contribution < 1.29 is 0 Å². The van der Waals surface area contributed by atoms with Crippen LogP contribution in [0.5, 0.6) is 0 Å². The van der Waals surface area contributed by atoms with Crippen molar-refractivity contribution in [2.75, 3.05) is 19.6 Å². The van der Waals surface area contributed by atoms with E-state index in [9.17, 15) is 0 Å². The molecule has 0 aliphatic carbocycles. The topological polar surface area (TPSA) is 15.3 Å². The first-order valence-electron chi connectivity index (χ1n) is 7.58. The van der Waals surface area contributed by atoms with E-state index in [0.29, 0.717) is 16.1 Å². The Kier molecular flexibility index (Phi) is 6.63. The van der Waals surface area contributed by atoms with Crippen LogP contribution in [0.4, 0.5) is 0 Å². The van der Waals surface area contributed by atoms with E-state index in [-0.39, 0.29) is 0 Å². The molecule has 1 N–H and O–H groups in total. The molecule has 1 aliphatic rings. The first-order valence-corrected chi connectivity index (χ1v) is 8.33. The maximum absolute atomic E-state index is 6.02. The van der Waals surface area contributed by atoms with Gasteiger partial charge in [-0.15, -0.1) is 0 Å². The van der Waals surface area contributed by atoms with Crippen LogP contribution in [0, 0.1) is 0 Å². The number of hydrogen-bond acceptors (Lipinski definition) is 2. The van der Waals surface area contributed by atoms with Crippen molar-refractivity contribution in [1.82, 2.24) is 10.2 Å². The summed E-state index contributed by atoms with van der Waals surface area (Å²) in [7, 11) is 0. The second-order valence-electron chi connectivity index (χ2n) is 5.63. The molecule has 0 bridgehead atoms. The van der Waals surface area contributed by atoms with Crippen molar-refractivity contribution >= 4 is 23.2 Å². The molecule has 1 aromatic rings. The summed E-state index contributed by atoms with van der Waals surface area (Å²) in [5.41, 5.74) is 1.16. The third-order valence-corrected chi connectivity index (χ3v) is 4.37. The van der Waals surface area contributed by atoms with Gasteiger partial charge in [-0.25, -0.2) is 0 Å². The van der Waals surface area contributed by atoms with Gasteiger partial charge in [0, 0.05) is 22.6 Å². The van der Waals surface area contributed by atoms with E-state index in [4.69, 9.17) is 23.2 Å². The lowest BCUT2D eigenvalue weighted by Gasteiger charge is -2.32. The highest BCUT2D eigenvalue weighted by Gasteiger charge is 2.18. The molecular formula is C16H24Cl2N2. The molecule has 2 nitrogen and oxygen atoms in total. The van der Waals surface area contributed by atoms with Gasteiger partial charge in [-0.2, -0.15) is 0 Å². The highest BCUT2D eigenvalue weighted by Crippen LogP contribution is 2.19. The van der Waals surface area contributed by atoms with Crippen molar-refractivity contribution in [3.8, 4) is 0 Å². The quantitative estimate of drug-likeness (QED) is 0.840. The summed E-state index contributed by atoms with van der Waals surface area (Å²) in [5.74, 6) is 0. The largest absolute Gasteiger partial charge is 0.310 e. The number of halogens is 2. The van der Waals surface area contributed by atoms with Crippen molar-refractivity contribution in [2.24, 2.45) is 0 Å². The van der Waals surface area contributed by atoms with Gasteiger partial charge in [-0.05, 0) is 62.7 Å². The number of likely N-dealkylation sites (tertiary alicyclic amines) is 1. The molecule has 4 heteroatoms. The predicted molar refractivity (Wildman–Crippen MR) is 87.7 cm³/mol. The summed E-state index contributed by atoms with van der Waals surface area (Å²) in [6.07, 6.45) is 5.07. The second-order valence-corrected chi connectivity index (χ2v) is 6.50. The lowest BCUT2D eigenvalue weighted by molar-refractivity contribution is 0.195. The standard InChI is InChI=1S/C16H24Cl2N2/c1-2-3-6-20-7-4-16(5-8-20)19-12-13-9-14(17)11-15(18)10-13/h9-11,16,19H,2-8,12H2,1H3. The van der Waals surface area contributed by atoms with Crippen molar-refractivity contribution in [2.45, 2.75) is 45.2 Å². The van der Waals surface area contributed by atoms with Crippen LogP contribution in [-0.4, -0.2) is 30.6 Å². The Bertz CT molecular complexity index is 395. The van der Waals surface area contributed by atoms with Crippen LogP contribution in [-0.2, 0) is 6.54 Å². The van der Waals surface area contributed by atoms with E-state index in [1.165, 1.54) is 45.3 Å². The molecule has 20 heavy (non-hydrogen) atoms. The number of rotatable bonds is 6. The summed E-state index contributed by atoms with van der Waals surface area (Å²) in [5, 5.41) is 5.05. The van der Waals surface area contributed by atoms with Gasteiger partial charge in [0.15, 0.2) is 0 Å². The third-order valence-electron chi connectivity index (χ3n) is 3.93. The van der Waals surface area contributed by atoms with E-state index in [1.54, 1.807) is 6.07 Å². The average Bonchev–Trinajstić information content (AvgIpc) is 2.43. The predicted octanol–water partition coefficient (Wildman–Crippen LogP) is 4.35. The molecule has 0 spiro atoms. The summed E-state index contributed by atoms with van der Waals surface area (Å²) >= 11 is 12.0. The van der Waals surface area contributed by atoms with Gasteiger partial charge in [0.2, 0.25) is 0 Å². The third kappa shape index (κ3) is 5.25. The Labute approximate surface area is 132 Å². The molecule has 0 radical (unpaired) electrons. The lowest BCUT2D eigenvalue weighted by Crippen LogP contribution is -2.42. The van der Waals surface area contributed by atoms with Crippen molar-refractivity contribution in [3.63, 3.8) is 0 Å². The first-order chi connectivity index (χ1) is 9.67. The van der Waals surface area contributed by atoms with Crippen LogP contribution in [0.15, 0.2) is 18.2 Å². The number of nitrogens with one attached hydrogen (secondary N) is 1. The SMILES string of the molecule is CCCCN1CCC(NCc2cc(Cl)cc(Cl)c2)CC1. The fraction of sp³-hybridized carbons (Fsp3) is 0.625. The van der Waals surface area contributed by atoms with Gasteiger partial charge in [-0.1, -0.05) is 36.5 Å². The van der Waals surface area contributed by atoms with Crippen LogP contribution in [0.1, 0.15) is 38.2 Å². The molecule has 2 rings (SSSR count). The molecule has 1 aliphatic heterocycles. The summed E-state index contributed by atoms with van der Waals surface area (Å²) in [6, 6.07) is 6.36. The molecule has 0 amide bonds. The Morgan fingerprint density at radius 3 is 2.40 bits per heavy atom. The van der Waals surface area contributed by atoms with E-state index in [1.807, 2.05) is 12.1 Å². The van der Waals surface area contributed by atoms with Gasteiger partial charge < -0.3 is 10.2 Å². The molecule has 1 saturated heterocycles. The van der Waals surface area contributed by atoms with Gasteiger partial charge >= 0.3 is 0 Å². The van der Waals surface area contributed by atoms with Crippen LogP contribution in [0.3, 0.4) is 0 Å². The first kappa shape index (κ1) is 16.1. The van der Waals surface area contributed by atoms with Crippen LogP contribution >= 0.6 is 23.2 Å². The maximum Gasteiger partial charge on any atom is 0.0424 e. The smallest absolute Gasteiger partial charge is 0.0424 e. The minimum Gasteiger partial charge on any atom is -0.310 e. The Morgan fingerprint density at radius 1 is 1.15 bits per heavy atom. The number of hydrogen-bond donors (Lipinski definition) is 1. The van der Waals surface area contributed by atoms with Gasteiger partial charge in [0.1, 0.15) is 0 Å². The monoisotopic (exact) mass is 314 g/mol. The molecule has 0 unspecified atom stereocenters. The maximum atomic E-state index is 6.02. The Hall–Kier alpha value is -0.280. The van der Waals surface area contributed by atoms with Crippen LogP contribution < -0.4 is 5.32 Å². The van der Waals surface area contributed by atoms with Gasteiger partial charge in [0.05, 0.1) is 0 Å². The van der Waals surface area contributed by atoms with Crippen LogP contribution in [0.25, 0.3) is 0 Å².